The number of aromatic amines is 1. The Morgan fingerprint density at radius 3 is 2.91 bits per heavy atom. The van der Waals surface area contributed by atoms with Crippen LogP contribution in [-0.4, -0.2) is 35.3 Å². The normalized spacial score (nSPS) is 11.4. The van der Waals surface area contributed by atoms with Crippen molar-refractivity contribution in [3.05, 3.63) is 30.1 Å². The molecular weight excluding hydrogens is 338 g/mol. The van der Waals surface area contributed by atoms with Gasteiger partial charge in [-0.1, -0.05) is 24.8 Å². The fraction of sp³-hybridized carbons (Fsp3) is 0.308. The van der Waals surface area contributed by atoms with E-state index < -0.39 is 10.0 Å². The highest BCUT2D eigenvalue weighted by atomic mass is 32.2. The largest absolute Gasteiger partial charge is 0.325 e. The zero-order valence-corrected chi connectivity index (χ0v) is 14.1. The molecule has 0 saturated heterocycles. The van der Waals surface area contributed by atoms with E-state index >= 15 is 0 Å². The van der Waals surface area contributed by atoms with E-state index in [0.29, 0.717) is 10.8 Å². The van der Waals surface area contributed by atoms with Crippen molar-refractivity contribution in [3.8, 4) is 0 Å². The average Bonchev–Trinajstić information content (AvgIpc) is 2.93. The van der Waals surface area contributed by atoms with Crippen LogP contribution in [0.1, 0.15) is 19.2 Å². The Hall–Kier alpha value is -1.91. The van der Waals surface area contributed by atoms with Crippen LogP contribution in [0.15, 0.2) is 34.3 Å². The zero-order valence-electron chi connectivity index (χ0n) is 12.4. The molecule has 0 bridgehead atoms. The van der Waals surface area contributed by atoms with E-state index in [1.165, 1.54) is 30.0 Å². The molecule has 0 aliphatic rings. The van der Waals surface area contributed by atoms with Gasteiger partial charge in [0.15, 0.2) is 0 Å². The maximum absolute atomic E-state index is 11.9. The lowest BCUT2D eigenvalue weighted by atomic mass is 10.3. The average molecular weight is 355 g/mol. The number of primary sulfonamides is 1. The molecule has 2 rings (SSSR count). The number of aromatic nitrogens is 3. The molecule has 4 N–H and O–H groups in total. The summed E-state index contributed by atoms with van der Waals surface area (Å²) in [6, 6.07) is 5.77. The lowest BCUT2D eigenvalue weighted by Crippen LogP contribution is -2.16. The number of H-pyrrole nitrogens is 1. The van der Waals surface area contributed by atoms with Crippen molar-refractivity contribution in [2.75, 3.05) is 11.1 Å². The van der Waals surface area contributed by atoms with E-state index in [0.717, 1.165) is 18.7 Å². The second-order valence-electron chi connectivity index (χ2n) is 4.72. The number of nitrogens with two attached hydrogens (primary N) is 1. The Labute approximate surface area is 138 Å². The van der Waals surface area contributed by atoms with Gasteiger partial charge in [-0.15, -0.1) is 5.10 Å². The maximum atomic E-state index is 11.9. The van der Waals surface area contributed by atoms with Crippen LogP contribution in [0.5, 0.6) is 0 Å². The van der Waals surface area contributed by atoms with Gasteiger partial charge in [-0.3, -0.25) is 9.89 Å². The highest BCUT2D eigenvalue weighted by Crippen LogP contribution is 2.16. The third-order valence-electron chi connectivity index (χ3n) is 2.78. The number of nitrogens with zero attached hydrogens (tertiary/aromatic N) is 2. The molecule has 0 saturated carbocycles. The standard InChI is InChI=1S/C13H17N5O3S2/c1-2-4-11-16-13(18-17-11)22-8-12(19)15-9-5-3-6-10(7-9)23(14,20)21/h3,5-7H,2,4,8H2,1H3,(H,15,19)(H2,14,20,21)(H,16,17,18). The number of anilines is 1. The minimum atomic E-state index is -3.80. The van der Waals surface area contributed by atoms with Gasteiger partial charge in [-0.05, 0) is 24.6 Å². The number of hydrogen-bond donors (Lipinski definition) is 3. The van der Waals surface area contributed by atoms with Crippen molar-refractivity contribution in [1.29, 1.82) is 0 Å². The summed E-state index contributed by atoms with van der Waals surface area (Å²) in [4.78, 5) is 16.1. The van der Waals surface area contributed by atoms with E-state index in [9.17, 15) is 13.2 Å². The van der Waals surface area contributed by atoms with E-state index in [1.807, 2.05) is 6.92 Å². The molecule has 1 amide bonds. The topological polar surface area (TPSA) is 131 Å². The van der Waals surface area contributed by atoms with Crippen molar-refractivity contribution in [2.45, 2.75) is 29.8 Å². The summed E-state index contributed by atoms with van der Waals surface area (Å²) >= 11 is 1.20. The second kappa shape index (κ2) is 7.57. The smallest absolute Gasteiger partial charge is 0.238 e. The summed E-state index contributed by atoms with van der Waals surface area (Å²) < 4.78 is 22.6. The molecule has 0 atom stereocenters. The molecule has 10 heteroatoms. The SMILES string of the molecule is CCCc1nc(SCC(=O)Nc2cccc(S(N)(=O)=O)c2)n[nH]1. The maximum Gasteiger partial charge on any atom is 0.238 e. The fourth-order valence-corrected chi connectivity index (χ4v) is 2.95. The molecule has 1 heterocycles. The molecule has 124 valence electrons. The number of amides is 1. The first-order valence-electron chi connectivity index (χ1n) is 6.85. The Morgan fingerprint density at radius 2 is 2.22 bits per heavy atom. The van der Waals surface area contributed by atoms with Gasteiger partial charge >= 0.3 is 0 Å². The van der Waals surface area contributed by atoms with Gasteiger partial charge < -0.3 is 5.32 Å². The molecule has 0 radical (unpaired) electrons. The minimum Gasteiger partial charge on any atom is -0.325 e. The van der Waals surface area contributed by atoms with Gasteiger partial charge in [-0.2, -0.15) is 0 Å². The zero-order chi connectivity index (χ0) is 16.9. The first-order valence-corrected chi connectivity index (χ1v) is 9.38. The van der Waals surface area contributed by atoms with Gasteiger partial charge in [0, 0.05) is 12.1 Å². The molecule has 0 fully saturated rings. The van der Waals surface area contributed by atoms with Gasteiger partial charge in [-0.25, -0.2) is 18.5 Å². The Balaban J connectivity index is 1.92. The molecule has 1 aromatic carbocycles. The van der Waals surface area contributed by atoms with Crippen LogP contribution < -0.4 is 10.5 Å². The fourth-order valence-electron chi connectivity index (χ4n) is 1.77. The van der Waals surface area contributed by atoms with E-state index in [4.69, 9.17) is 5.14 Å². The molecule has 2 aromatic rings. The van der Waals surface area contributed by atoms with Crippen LogP contribution in [0.3, 0.4) is 0 Å². The minimum absolute atomic E-state index is 0.0545. The number of thioether (sulfide) groups is 1. The Kier molecular flexibility index (Phi) is 5.74. The number of aryl methyl sites for hydroxylation is 1. The number of rotatable bonds is 7. The van der Waals surface area contributed by atoms with Crippen LogP contribution in [0.4, 0.5) is 5.69 Å². The van der Waals surface area contributed by atoms with Crippen molar-refractivity contribution < 1.29 is 13.2 Å². The number of carbonyl (C=O) groups excluding carboxylic acids is 1. The molecular formula is C13H17N5O3S2. The van der Waals surface area contributed by atoms with Crippen molar-refractivity contribution in [1.82, 2.24) is 15.2 Å². The summed E-state index contributed by atoms with van der Waals surface area (Å²) in [6.07, 6.45) is 1.76. The molecule has 1 aromatic heterocycles. The highest BCUT2D eigenvalue weighted by Gasteiger charge is 2.11. The highest BCUT2D eigenvalue weighted by molar-refractivity contribution is 7.99. The number of hydrogen-bond acceptors (Lipinski definition) is 6. The van der Waals surface area contributed by atoms with E-state index in [-0.39, 0.29) is 16.6 Å². The van der Waals surface area contributed by atoms with Crippen LogP contribution >= 0.6 is 11.8 Å². The second-order valence-corrected chi connectivity index (χ2v) is 7.23. The summed E-state index contributed by atoms with van der Waals surface area (Å²) in [5.41, 5.74) is 0.365. The summed E-state index contributed by atoms with van der Waals surface area (Å²) in [7, 11) is -3.80. The van der Waals surface area contributed by atoms with E-state index in [2.05, 4.69) is 20.5 Å². The number of nitrogens with one attached hydrogen (secondary N) is 2. The predicted molar refractivity (Wildman–Crippen MR) is 87.5 cm³/mol. The summed E-state index contributed by atoms with van der Waals surface area (Å²) in [6.45, 7) is 2.04. The molecule has 23 heavy (non-hydrogen) atoms. The lowest BCUT2D eigenvalue weighted by Gasteiger charge is -2.05. The van der Waals surface area contributed by atoms with E-state index in [1.54, 1.807) is 6.07 Å². The van der Waals surface area contributed by atoms with Crippen LogP contribution in [0.25, 0.3) is 0 Å². The monoisotopic (exact) mass is 355 g/mol. The van der Waals surface area contributed by atoms with Crippen molar-refractivity contribution in [2.24, 2.45) is 5.14 Å². The summed E-state index contributed by atoms with van der Waals surface area (Å²) in [5, 5.41) is 15.0. The molecule has 8 nitrogen and oxygen atoms in total. The summed E-state index contributed by atoms with van der Waals surface area (Å²) in [5.74, 6) is 0.614. The third kappa shape index (κ3) is 5.34. The van der Waals surface area contributed by atoms with Gasteiger partial charge in [0.1, 0.15) is 5.82 Å². The first kappa shape index (κ1) is 17.4. The van der Waals surface area contributed by atoms with Gasteiger partial charge in [0.2, 0.25) is 21.1 Å². The number of benzene rings is 1. The molecule has 0 unspecified atom stereocenters. The Bertz CT molecular complexity index is 788. The Morgan fingerprint density at radius 1 is 1.43 bits per heavy atom. The molecule has 0 aliphatic carbocycles. The number of carbonyl (C=O) groups is 1. The van der Waals surface area contributed by atoms with Crippen LogP contribution in [0, 0.1) is 0 Å². The van der Waals surface area contributed by atoms with Crippen molar-refractivity contribution in [3.63, 3.8) is 0 Å². The quantitative estimate of drug-likeness (QED) is 0.638. The molecule has 0 aliphatic heterocycles. The van der Waals surface area contributed by atoms with Gasteiger partial charge in [0.25, 0.3) is 0 Å². The first-order chi connectivity index (χ1) is 10.9. The predicted octanol–water partition coefficient (Wildman–Crippen LogP) is 1.14. The molecule has 0 spiro atoms. The third-order valence-corrected chi connectivity index (χ3v) is 4.53. The van der Waals surface area contributed by atoms with Crippen LogP contribution in [-0.2, 0) is 21.2 Å². The lowest BCUT2D eigenvalue weighted by molar-refractivity contribution is -0.113. The number of sulfonamides is 1. The van der Waals surface area contributed by atoms with Gasteiger partial charge in [0.05, 0.1) is 10.6 Å². The van der Waals surface area contributed by atoms with Crippen molar-refractivity contribution >= 4 is 33.4 Å². The van der Waals surface area contributed by atoms with Crippen LogP contribution in [0.2, 0.25) is 0 Å².